The molecule has 0 amide bonds. The van der Waals surface area contributed by atoms with E-state index in [9.17, 15) is 39.6 Å². The number of carboxylic acid groups (broad SMARTS) is 4. The van der Waals surface area contributed by atoms with Crippen LogP contribution >= 0.6 is 0 Å². The smallest absolute Gasteiger partial charge is 0.311 e. The molecule has 140 valence electrons. The van der Waals surface area contributed by atoms with Crippen LogP contribution in [0.2, 0.25) is 0 Å². The van der Waals surface area contributed by atoms with E-state index in [-0.39, 0.29) is 6.42 Å². The van der Waals surface area contributed by atoms with Gasteiger partial charge >= 0.3 is 23.9 Å². The van der Waals surface area contributed by atoms with Crippen LogP contribution in [0.15, 0.2) is 0 Å². The van der Waals surface area contributed by atoms with Gasteiger partial charge in [0, 0.05) is 0 Å². The largest absolute Gasteiger partial charge is 0.481 e. The van der Waals surface area contributed by atoms with E-state index in [1.807, 2.05) is 0 Å². The van der Waals surface area contributed by atoms with Crippen LogP contribution in [-0.4, -0.2) is 44.3 Å². The summed E-state index contributed by atoms with van der Waals surface area (Å²) in [7, 11) is 0. The molecule has 8 heteroatoms. The molecule has 0 spiro atoms. The van der Waals surface area contributed by atoms with Crippen molar-refractivity contribution < 1.29 is 39.6 Å². The SMILES string of the molecule is CCC(C)C1(C(=O)O)C2CC(C(=O)O)C(C(=O)O)C(C)C2C1C(=O)O. The summed E-state index contributed by atoms with van der Waals surface area (Å²) >= 11 is 0. The summed E-state index contributed by atoms with van der Waals surface area (Å²) in [6, 6.07) is 0. The van der Waals surface area contributed by atoms with Crippen molar-refractivity contribution in [3.05, 3.63) is 0 Å². The Kier molecular flexibility index (Phi) is 4.85. The Hall–Kier alpha value is -2.12. The van der Waals surface area contributed by atoms with Gasteiger partial charge in [-0.15, -0.1) is 0 Å². The van der Waals surface area contributed by atoms with E-state index < -0.39 is 70.7 Å². The minimum absolute atomic E-state index is 0.123. The molecule has 0 saturated heterocycles. The molecular weight excluding hydrogens is 332 g/mol. The van der Waals surface area contributed by atoms with Crippen molar-refractivity contribution in [2.45, 2.75) is 33.6 Å². The molecule has 8 atom stereocenters. The summed E-state index contributed by atoms with van der Waals surface area (Å²) in [5, 5.41) is 38.5. The molecule has 25 heavy (non-hydrogen) atoms. The van der Waals surface area contributed by atoms with Gasteiger partial charge in [0.25, 0.3) is 0 Å². The predicted octanol–water partition coefficient (Wildman–Crippen LogP) is 1.49. The molecule has 0 aromatic rings. The first-order valence-corrected chi connectivity index (χ1v) is 8.45. The van der Waals surface area contributed by atoms with Gasteiger partial charge in [0.05, 0.1) is 23.2 Å². The number of hydrogen-bond donors (Lipinski definition) is 4. The Morgan fingerprint density at radius 1 is 1.04 bits per heavy atom. The second-order valence-electron chi connectivity index (χ2n) is 7.45. The van der Waals surface area contributed by atoms with Crippen molar-refractivity contribution in [1.29, 1.82) is 0 Å². The van der Waals surface area contributed by atoms with E-state index in [0.717, 1.165) is 0 Å². The topological polar surface area (TPSA) is 149 Å². The van der Waals surface area contributed by atoms with Gasteiger partial charge in [-0.2, -0.15) is 0 Å². The molecular formula is C17H24O8. The van der Waals surface area contributed by atoms with Crippen LogP contribution in [0.1, 0.15) is 33.6 Å². The van der Waals surface area contributed by atoms with Gasteiger partial charge in [-0.25, -0.2) is 0 Å². The third-order valence-corrected chi connectivity index (χ3v) is 6.76. The molecule has 0 aromatic heterocycles. The average molecular weight is 356 g/mol. The number of carboxylic acids is 4. The number of fused-ring (bicyclic) bond motifs is 1. The number of carbonyl (C=O) groups is 4. The lowest BCUT2D eigenvalue weighted by Crippen LogP contribution is -2.71. The maximum absolute atomic E-state index is 12.1. The second kappa shape index (κ2) is 6.31. The normalized spacial score (nSPS) is 41.1. The highest BCUT2D eigenvalue weighted by atomic mass is 16.4. The first-order valence-electron chi connectivity index (χ1n) is 8.45. The minimum atomic E-state index is -1.56. The van der Waals surface area contributed by atoms with Crippen LogP contribution in [0.25, 0.3) is 0 Å². The highest BCUT2D eigenvalue weighted by Gasteiger charge is 2.74. The van der Waals surface area contributed by atoms with E-state index in [2.05, 4.69) is 0 Å². The zero-order chi connectivity index (χ0) is 19.3. The molecule has 0 heterocycles. The molecule has 2 aliphatic carbocycles. The van der Waals surface area contributed by atoms with Gasteiger partial charge in [0.15, 0.2) is 0 Å². The van der Waals surface area contributed by atoms with Crippen molar-refractivity contribution in [2.24, 2.45) is 46.8 Å². The van der Waals surface area contributed by atoms with Crippen molar-refractivity contribution in [3.63, 3.8) is 0 Å². The highest BCUT2D eigenvalue weighted by Crippen LogP contribution is 2.68. The number of rotatable bonds is 6. The Morgan fingerprint density at radius 3 is 1.96 bits per heavy atom. The first-order chi connectivity index (χ1) is 11.5. The Labute approximate surface area is 144 Å². The fraction of sp³-hybridized carbons (Fsp3) is 0.765. The molecule has 8 nitrogen and oxygen atoms in total. The third-order valence-electron chi connectivity index (χ3n) is 6.76. The molecule has 0 aromatic carbocycles. The van der Waals surface area contributed by atoms with Crippen LogP contribution in [0.5, 0.6) is 0 Å². The second-order valence-corrected chi connectivity index (χ2v) is 7.45. The van der Waals surface area contributed by atoms with Crippen LogP contribution in [-0.2, 0) is 19.2 Å². The average Bonchev–Trinajstić information content (AvgIpc) is 2.47. The lowest BCUT2D eigenvalue weighted by molar-refractivity contribution is -0.238. The van der Waals surface area contributed by atoms with Gasteiger partial charge in [0.1, 0.15) is 0 Å². The van der Waals surface area contributed by atoms with Gasteiger partial charge in [-0.3, -0.25) is 19.2 Å². The lowest BCUT2D eigenvalue weighted by atomic mass is 9.35. The predicted molar refractivity (Wildman–Crippen MR) is 83.7 cm³/mol. The van der Waals surface area contributed by atoms with Crippen LogP contribution in [0.3, 0.4) is 0 Å². The number of hydrogen-bond acceptors (Lipinski definition) is 4. The summed E-state index contributed by atoms with van der Waals surface area (Å²) in [5.41, 5.74) is -1.56. The Morgan fingerprint density at radius 2 is 1.60 bits per heavy atom. The molecule has 2 fully saturated rings. The Balaban J connectivity index is 2.58. The first kappa shape index (κ1) is 19.2. The van der Waals surface area contributed by atoms with Gasteiger partial charge < -0.3 is 20.4 Å². The molecule has 0 bridgehead atoms. The quantitative estimate of drug-likeness (QED) is 0.559. The monoisotopic (exact) mass is 356 g/mol. The Bertz CT molecular complexity index is 614. The molecule has 4 N–H and O–H groups in total. The highest BCUT2D eigenvalue weighted by molar-refractivity contribution is 5.88. The maximum Gasteiger partial charge on any atom is 0.311 e. The molecule has 0 aliphatic heterocycles. The molecule has 2 rings (SSSR count). The summed E-state index contributed by atoms with van der Waals surface area (Å²) < 4.78 is 0. The van der Waals surface area contributed by atoms with Crippen LogP contribution in [0.4, 0.5) is 0 Å². The summed E-state index contributed by atoms with van der Waals surface area (Å²) in [6.45, 7) is 4.97. The van der Waals surface area contributed by atoms with Gasteiger partial charge in [-0.1, -0.05) is 27.2 Å². The van der Waals surface area contributed by atoms with Crippen molar-refractivity contribution >= 4 is 23.9 Å². The zero-order valence-electron chi connectivity index (χ0n) is 14.4. The fourth-order valence-corrected chi connectivity index (χ4v) is 5.56. The van der Waals surface area contributed by atoms with Crippen LogP contribution < -0.4 is 0 Å². The van der Waals surface area contributed by atoms with Crippen molar-refractivity contribution in [2.75, 3.05) is 0 Å². The van der Waals surface area contributed by atoms with Crippen molar-refractivity contribution in [3.8, 4) is 0 Å². The van der Waals surface area contributed by atoms with E-state index in [1.54, 1.807) is 13.8 Å². The van der Waals surface area contributed by atoms with Gasteiger partial charge in [-0.05, 0) is 30.1 Å². The molecule has 2 aliphatic rings. The van der Waals surface area contributed by atoms with E-state index >= 15 is 0 Å². The maximum atomic E-state index is 12.1. The van der Waals surface area contributed by atoms with Crippen molar-refractivity contribution in [1.82, 2.24) is 0 Å². The standard InChI is InChI=1S/C17H24O8/c1-4-6(2)17(16(24)25)9-5-8(13(18)19)10(14(20)21)7(3)11(9)12(17)15(22)23/h6-12H,4-5H2,1-3H3,(H,18,19)(H,20,21)(H,22,23)(H,24,25). The zero-order valence-corrected chi connectivity index (χ0v) is 14.4. The number of aliphatic carboxylic acids is 4. The third kappa shape index (κ3) is 2.41. The summed E-state index contributed by atoms with van der Waals surface area (Å²) in [4.78, 5) is 47.2. The van der Waals surface area contributed by atoms with Crippen LogP contribution in [0, 0.1) is 46.8 Å². The van der Waals surface area contributed by atoms with E-state index in [1.165, 1.54) is 6.92 Å². The summed E-state index contributed by atoms with van der Waals surface area (Å²) in [5.74, 6) is -11.2. The minimum Gasteiger partial charge on any atom is -0.481 e. The molecule has 2 saturated carbocycles. The molecule has 8 unspecified atom stereocenters. The summed E-state index contributed by atoms with van der Waals surface area (Å²) in [6.07, 6.45) is 0.315. The van der Waals surface area contributed by atoms with E-state index in [0.29, 0.717) is 6.42 Å². The van der Waals surface area contributed by atoms with Gasteiger partial charge in [0.2, 0.25) is 0 Å². The molecule has 0 radical (unpaired) electrons. The fourth-order valence-electron chi connectivity index (χ4n) is 5.56. The van der Waals surface area contributed by atoms with E-state index in [4.69, 9.17) is 0 Å². The lowest BCUT2D eigenvalue weighted by Gasteiger charge is -2.65.